The van der Waals surface area contributed by atoms with Crippen LogP contribution >= 0.6 is 24.8 Å². The second kappa shape index (κ2) is 17.5. The monoisotopic (exact) mass is 483 g/mol. The van der Waals surface area contributed by atoms with Crippen molar-refractivity contribution in [3.63, 3.8) is 0 Å². The molecule has 3 aromatic rings. The predicted molar refractivity (Wildman–Crippen MR) is 125 cm³/mol. The largest absolute Gasteiger partial charge is 0.208 e. The van der Waals surface area contributed by atoms with Gasteiger partial charge in [0.25, 0.3) is 0 Å². The van der Waals surface area contributed by atoms with Crippen molar-refractivity contribution < 1.29 is 24.2 Å². The molecule has 0 spiro atoms. The van der Waals surface area contributed by atoms with Gasteiger partial charge in [-0.15, -0.1) is 24.8 Å². The first-order valence-corrected chi connectivity index (χ1v) is 9.95. The Kier molecular flexibility index (Phi) is 20.1. The maximum atomic E-state index is 2.17. The van der Waals surface area contributed by atoms with E-state index >= 15 is 0 Å². The summed E-state index contributed by atoms with van der Waals surface area (Å²) in [5, 5.41) is 0. The standard InChI is InChI=1S/3C7H9.C3H6.2ClH.Zr/c2*1-6-3-4-7(2)5-6;1-6-4-3-5-7(6)2;1-3-2;;;/h3*3-5H,1-2H3;1-2H3;2*1H;/q3*-1;;;;. The molecule has 0 N–H and O–H groups in total. The van der Waals surface area contributed by atoms with Crippen LogP contribution < -0.4 is 0 Å². The number of hydrogen-bond donors (Lipinski definition) is 0. The predicted octanol–water partition coefficient (Wildman–Crippen LogP) is 7.66. The molecule has 0 aliphatic carbocycles. The molecule has 27 heavy (non-hydrogen) atoms. The molecule has 0 unspecified atom stereocenters. The number of aryl methyl sites for hydroxylation is 6. The molecule has 0 nitrogen and oxygen atoms in total. The van der Waals surface area contributed by atoms with Crippen LogP contribution in [0.3, 0.4) is 0 Å². The summed E-state index contributed by atoms with van der Waals surface area (Å²) in [4.78, 5) is 0. The Bertz CT molecular complexity index is 637. The second-order valence-electron chi connectivity index (χ2n) is 6.82. The van der Waals surface area contributed by atoms with Gasteiger partial charge in [-0.2, -0.15) is 64.7 Å². The molecule has 0 heterocycles. The van der Waals surface area contributed by atoms with Gasteiger partial charge >= 0.3 is 41.3 Å². The van der Waals surface area contributed by atoms with Crippen molar-refractivity contribution in [1.29, 1.82) is 0 Å². The molecule has 0 aliphatic rings. The van der Waals surface area contributed by atoms with E-state index in [0.29, 0.717) is 0 Å². The first-order chi connectivity index (χ1) is 11.6. The van der Waals surface area contributed by atoms with Crippen LogP contribution in [0.5, 0.6) is 0 Å². The zero-order chi connectivity index (χ0) is 19.4. The van der Waals surface area contributed by atoms with Crippen LogP contribution in [0, 0.1) is 41.5 Å². The normalized spacial score (nSPS) is 8.26. The molecule has 3 heteroatoms. The molecule has 0 atom stereocenters. The van der Waals surface area contributed by atoms with E-state index in [4.69, 9.17) is 0 Å². The van der Waals surface area contributed by atoms with E-state index < -0.39 is 0 Å². The molecule has 0 aliphatic heterocycles. The number of halogens is 2. The molecule has 3 aromatic carbocycles. The maximum Gasteiger partial charge on any atom is -0.0635 e. The van der Waals surface area contributed by atoms with Gasteiger partial charge in [0.05, 0.1) is 0 Å². The molecular formula is C24H35Cl2Zr-3. The van der Waals surface area contributed by atoms with Gasteiger partial charge < -0.3 is 0 Å². The van der Waals surface area contributed by atoms with Crippen molar-refractivity contribution in [2.45, 2.75) is 55.4 Å². The first kappa shape index (κ1) is 31.1. The summed E-state index contributed by atoms with van der Waals surface area (Å²) in [7, 11) is 0. The molecule has 0 aromatic heterocycles. The van der Waals surface area contributed by atoms with Crippen molar-refractivity contribution in [3.05, 3.63) is 88.0 Å². The average Bonchev–Trinajstić information content (AvgIpc) is 3.16. The van der Waals surface area contributed by atoms with E-state index in [1.807, 2.05) is 0 Å². The number of rotatable bonds is 0. The van der Waals surface area contributed by atoms with Gasteiger partial charge in [-0.05, 0) is 0 Å². The minimum absolute atomic E-state index is 0. The maximum absolute atomic E-state index is 2.17. The molecule has 0 bridgehead atoms. The Morgan fingerprint density at radius 2 is 0.963 bits per heavy atom. The van der Waals surface area contributed by atoms with Gasteiger partial charge in [0.2, 0.25) is 0 Å². The summed E-state index contributed by atoms with van der Waals surface area (Å²) in [5.41, 5.74) is 8.21. The van der Waals surface area contributed by atoms with Gasteiger partial charge in [-0.3, -0.25) is 0 Å². The van der Waals surface area contributed by atoms with Crippen LogP contribution in [0.4, 0.5) is 0 Å². The van der Waals surface area contributed by atoms with Crippen molar-refractivity contribution in [1.82, 2.24) is 0 Å². The van der Waals surface area contributed by atoms with Crippen LogP contribution in [0.1, 0.15) is 47.2 Å². The Labute approximate surface area is 194 Å². The van der Waals surface area contributed by atoms with Crippen LogP contribution in [-0.4, -0.2) is 3.21 Å². The first-order valence-electron chi connectivity index (χ1n) is 8.72. The topological polar surface area (TPSA) is 0 Å². The number of hydrogen-bond acceptors (Lipinski definition) is 0. The Balaban J connectivity index is -0.000000283. The van der Waals surface area contributed by atoms with Crippen molar-refractivity contribution in [2.75, 3.05) is 0 Å². The van der Waals surface area contributed by atoms with E-state index in [2.05, 4.69) is 110 Å². The second-order valence-corrected chi connectivity index (χ2v) is 9.28. The zero-order valence-corrected chi connectivity index (χ0v) is 22.1. The van der Waals surface area contributed by atoms with Crippen LogP contribution in [-0.2, 0) is 24.2 Å². The zero-order valence-electron chi connectivity index (χ0n) is 18.0. The summed E-state index contributed by atoms with van der Waals surface area (Å²) in [6, 6.07) is 19.1. The fraction of sp³-hybridized carbons (Fsp3) is 0.333. The summed E-state index contributed by atoms with van der Waals surface area (Å²) < 4.78 is 1.51. The third-order valence-electron chi connectivity index (χ3n) is 3.44. The minimum Gasteiger partial charge on any atom is -0.208 e. The molecule has 0 fully saturated rings. The molecule has 0 amide bonds. The smallest absolute Gasteiger partial charge is 0.0635 e. The molecule has 0 radical (unpaired) electrons. The summed E-state index contributed by atoms with van der Waals surface area (Å²) in [6.45, 7) is 16.9. The van der Waals surface area contributed by atoms with Crippen molar-refractivity contribution in [2.24, 2.45) is 0 Å². The van der Waals surface area contributed by atoms with Crippen LogP contribution in [0.15, 0.2) is 54.6 Å². The van der Waals surface area contributed by atoms with E-state index in [0.717, 1.165) is 0 Å². The van der Waals surface area contributed by atoms with Crippen LogP contribution in [0.25, 0.3) is 0 Å². The Hall–Kier alpha value is -0.617. The van der Waals surface area contributed by atoms with Gasteiger partial charge in [-0.25, -0.2) is 23.3 Å². The van der Waals surface area contributed by atoms with Crippen molar-refractivity contribution >= 4 is 28.0 Å². The summed E-state index contributed by atoms with van der Waals surface area (Å²) in [5.74, 6) is 0. The summed E-state index contributed by atoms with van der Waals surface area (Å²) >= 11 is 1.55. The molecule has 0 saturated carbocycles. The van der Waals surface area contributed by atoms with E-state index in [1.165, 1.54) is 36.6 Å². The van der Waals surface area contributed by atoms with E-state index in [9.17, 15) is 0 Å². The summed E-state index contributed by atoms with van der Waals surface area (Å²) in [6.07, 6.45) is 0. The fourth-order valence-corrected chi connectivity index (χ4v) is 2.04. The average molecular weight is 486 g/mol. The molecule has 0 saturated heterocycles. The van der Waals surface area contributed by atoms with Gasteiger partial charge in [0.15, 0.2) is 0 Å². The molecular weight excluding hydrogens is 450 g/mol. The molecule has 3 rings (SSSR count). The Morgan fingerprint density at radius 3 is 1.04 bits per heavy atom. The van der Waals surface area contributed by atoms with E-state index in [1.54, 1.807) is 24.2 Å². The fourth-order valence-electron chi connectivity index (χ4n) is 2.04. The third-order valence-corrected chi connectivity index (χ3v) is 3.44. The molecule has 152 valence electrons. The minimum atomic E-state index is 0. The van der Waals surface area contributed by atoms with Crippen LogP contribution in [0.2, 0.25) is 0 Å². The van der Waals surface area contributed by atoms with Gasteiger partial charge in [0, 0.05) is 0 Å². The van der Waals surface area contributed by atoms with Crippen molar-refractivity contribution in [3.8, 4) is 0 Å². The Morgan fingerprint density at radius 1 is 0.667 bits per heavy atom. The quantitative estimate of drug-likeness (QED) is 0.287. The van der Waals surface area contributed by atoms with Gasteiger partial charge in [0.1, 0.15) is 0 Å². The van der Waals surface area contributed by atoms with E-state index in [-0.39, 0.29) is 24.8 Å². The van der Waals surface area contributed by atoms with Gasteiger partial charge in [-0.1, -0.05) is 41.5 Å². The third kappa shape index (κ3) is 18.5. The SMILES string of the molecule is C[C](C)=[Zr].Cc1c[cH-]c(C)c1.Cc1c[cH-]c(C)c1.Cc1c[cH-]cc1C.Cl.Cl.